The molecule has 2 amide bonds. The van der Waals surface area contributed by atoms with Crippen LogP contribution in [0.3, 0.4) is 0 Å². The van der Waals surface area contributed by atoms with Crippen molar-refractivity contribution in [3.8, 4) is 0 Å². The smallest absolute Gasteiger partial charge is 0.341 e. The molecule has 2 N–H and O–H groups in total. The summed E-state index contributed by atoms with van der Waals surface area (Å²) in [5, 5.41) is 6.90. The van der Waals surface area contributed by atoms with E-state index in [9.17, 15) is 18.8 Å². The molecule has 0 fully saturated rings. The lowest BCUT2D eigenvalue weighted by molar-refractivity contribution is -0.115. The number of nitrogens with one attached hydrogen (secondary N) is 2. The lowest BCUT2D eigenvalue weighted by atomic mass is 10.1. The van der Waals surface area contributed by atoms with Crippen LogP contribution in [0.15, 0.2) is 59.6 Å². The van der Waals surface area contributed by atoms with E-state index in [1.54, 1.807) is 19.1 Å². The summed E-state index contributed by atoms with van der Waals surface area (Å²) >= 11 is 2.90. The van der Waals surface area contributed by atoms with Crippen LogP contribution in [0.25, 0.3) is 10.9 Å². The summed E-state index contributed by atoms with van der Waals surface area (Å²) in [6, 6.07) is 13.8. The summed E-state index contributed by atoms with van der Waals surface area (Å²) in [5.74, 6) is -1.60. The van der Waals surface area contributed by atoms with Gasteiger partial charge in [0.05, 0.1) is 23.0 Å². The Bertz CT molecular complexity index is 1580. The number of rotatable bonds is 10. The number of aryl methyl sites for hydroxylation is 1. The Hall–Kier alpha value is -3.63. The van der Waals surface area contributed by atoms with Gasteiger partial charge in [0.1, 0.15) is 10.8 Å². The third kappa shape index (κ3) is 5.78. The molecule has 4 aromatic rings. The molecule has 40 heavy (non-hydrogen) atoms. The number of thioether (sulfide) groups is 1. The lowest BCUT2D eigenvalue weighted by Crippen LogP contribution is -2.27. The van der Waals surface area contributed by atoms with E-state index in [-0.39, 0.29) is 24.0 Å². The first-order valence-electron chi connectivity index (χ1n) is 13.3. The summed E-state index contributed by atoms with van der Waals surface area (Å²) < 4.78 is 21.2. The third-order valence-corrected chi connectivity index (χ3v) is 9.17. The number of anilines is 1. The Morgan fingerprint density at radius 3 is 2.70 bits per heavy atom. The third-order valence-electron chi connectivity index (χ3n) is 6.82. The summed E-state index contributed by atoms with van der Waals surface area (Å²) in [5.41, 5.74) is 2.48. The van der Waals surface area contributed by atoms with E-state index in [0.29, 0.717) is 23.7 Å². The number of ether oxygens (including phenoxy) is 1. The highest BCUT2D eigenvalue weighted by Crippen LogP contribution is 2.40. The predicted octanol–water partition coefficient (Wildman–Crippen LogP) is 6.06. The number of benzene rings is 2. The Balaban J connectivity index is 1.28. The van der Waals surface area contributed by atoms with Gasteiger partial charge in [0, 0.05) is 40.0 Å². The highest BCUT2D eigenvalue weighted by Gasteiger charge is 2.29. The van der Waals surface area contributed by atoms with Gasteiger partial charge in [-0.15, -0.1) is 23.1 Å². The highest BCUT2D eigenvalue weighted by atomic mass is 32.2. The van der Waals surface area contributed by atoms with Gasteiger partial charge in [-0.2, -0.15) is 0 Å². The van der Waals surface area contributed by atoms with Crippen molar-refractivity contribution < 1.29 is 23.5 Å². The van der Waals surface area contributed by atoms with Crippen LogP contribution in [0.2, 0.25) is 0 Å². The number of hydrogen-bond donors (Lipinski definition) is 2. The fourth-order valence-electron chi connectivity index (χ4n) is 4.89. The number of thiophene rings is 1. The van der Waals surface area contributed by atoms with Crippen LogP contribution < -0.4 is 10.6 Å². The van der Waals surface area contributed by atoms with Crippen molar-refractivity contribution in [1.29, 1.82) is 0 Å². The first kappa shape index (κ1) is 27.9. The maximum absolute atomic E-state index is 13.9. The second-order valence-corrected chi connectivity index (χ2v) is 12.0. The number of carbonyl (C=O) groups is 3. The summed E-state index contributed by atoms with van der Waals surface area (Å²) in [7, 11) is 0. The van der Waals surface area contributed by atoms with Gasteiger partial charge in [-0.1, -0.05) is 30.3 Å². The minimum Gasteiger partial charge on any atom is -0.462 e. The Kier molecular flexibility index (Phi) is 8.56. The SMILES string of the molecule is CCOC(=O)c1c(NC(=O)[C@@H](C)Sc2cn(CCNC(=O)c3ccccc3F)c3ccccc23)sc2c1CCC2. The molecular weight excluding hydrogens is 549 g/mol. The van der Waals surface area contributed by atoms with Crippen LogP contribution in [-0.2, 0) is 28.9 Å². The number of hydrogen-bond acceptors (Lipinski definition) is 6. The average molecular weight is 580 g/mol. The lowest BCUT2D eigenvalue weighted by Gasteiger charge is -2.12. The number of fused-ring (bicyclic) bond motifs is 2. The standard InChI is InChI=1S/C30H30FN3O4S2/c1-3-38-30(37)26-21-11-8-14-24(21)40-29(26)33-27(35)18(2)39-25-17-34(23-13-7-5-10-20(23)25)16-15-32-28(36)19-9-4-6-12-22(19)31/h4-7,9-10,12-13,17-18H,3,8,11,14-16H2,1-2H3,(H,32,36)(H,33,35)/t18-/m1/s1. The number of para-hydroxylation sites is 1. The molecule has 2 heterocycles. The fourth-order valence-corrected chi connectivity index (χ4v) is 7.21. The van der Waals surface area contributed by atoms with Crippen molar-refractivity contribution >= 4 is 56.8 Å². The van der Waals surface area contributed by atoms with Crippen LogP contribution in [-0.4, -0.2) is 40.8 Å². The second-order valence-electron chi connectivity index (χ2n) is 9.47. The molecule has 0 unspecified atom stereocenters. The summed E-state index contributed by atoms with van der Waals surface area (Å²) in [4.78, 5) is 40.4. The van der Waals surface area contributed by atoms with Crippen molar-refractivity contribution in [3.63, 3.8) is 0 Å². The Labute approximate surface area is 240 Å². The van der Waals surface area contributed by atoms with Crippen LogP contribution in [0.4, 0.5) is 9.39 Å². The minimum atomic E-state index is -0.557. The van der Waals surface area contributed by atoms with E-state index >= 15 is 0 Å². The van der Waals surface area contributed by atoms with Crippen LogP contribution in [0, 0.1) is 5.82 Å². The molecule has 208 valence electrons. The number of nitrogens with zero attached hydrogens (tertiary/aromatic N) is 1. The Morgan fingerprint density at radius 2 is 1.90 bits per heavy atom. The monoisotopic (exact) mass is 579 g/mol. The maximum Gasteiger partial charge on any atom is 0.341 e. The molecule has 0 saturated heterocycles. The number of esters is 1. The van der Waals surface area contributed by atoms with Gasteiger partial charge in [-0.25, -0.2) is 9.18 Å². The van der Waals surface area contributed by atoms with Crippen LogP contribution in [0.5, 0.6) is 0 Å². The van der Waals surface area contributed by atoms with Crippen LogP contribution in [0.1, 0.15) is 51.4 Å². The molecule has 0 saturated carbocycles. The zero-order valence-electron chi connectivity index (χ0n) is 22.3. The van der Waals surface area contributed by atoms with Crippen LogP contribution >= 0.6 is 23.1 Å². The van der Waals surface area contributed by atoms with Gasteiger partial charge in [-0.3, -0.25) is 9.59 Å². The first-order valence-corrected chi connectivity index (χ1v) is 15.0. The molecule has 2 aromatic carbocycles. The largest absolute Gasteiger partial charge is 0.462 e. The molecule has 5 rings (SSSR count). The minimum absolute atomic E-state index is 0.0121. The molecule has 2 aromatic heterocycles. The van der Waals surface area contributed by atoms with Gasteiger partial charge in [0.25, 0.3) is 5.91 Å². The molecule has 0 aliphatic heterocycles. The average Bonchev–Trinajstić information content (AvgIpc) is 3.62. The van der Waals surface area contributed by atoms with E-state index in [0.717, 1.165) is 45.5 Å². The van der Waals surface area contributed by atoms with Gasteiger partial charge >= 0.3 is 5.97 Å². The maximum atomic E-state index is 13.9. The number of amides is 2. The van der Waals surface area contributed by atoms with Crippen molar-refractivity contribution in [3.05, 3.63) is 82.1 Å². The van der Waals surface area contributed by atoms with Gasteiger partial charge in [0.2, 0.25) is 5.91 Å². The Morgan fingerprint density at radius 1 is 1.12 bits per heavy atom. The second kappa shape index (κ2) is 12.3. The molecule has 0 spiro atoms. The quantitative estimate of drug-likeness (QED) is 0.176. The van der Waals surface area contributed by atoms with E-state index < -0.39 is 17.0 Å². The highest BCUT2D eigenvalue weighted by molar-refractivity contribution is 8.00. The molecule has 0 radical (unpaired) electrons. The van der Waals surface area contributed by atoms with E-state index in [1.807, 2.05) is 42.0 Å². The summed E-state index contributed by atoms with van der Waals surface area (Å²) in [6.07, 6.45) is 4.70. The van der Waals surface area contributed by atoms with Crippen molar-refractivity contribution in [2.24, 2.45) is 0 Å². The van der Waals surface area contributed by atoms with Gasteiger partial charge in [0.15, 0.2) is 0 Å². The van der Waals surface area contributed by atoms with Crippen molar-refractivity contribution in [1.82, 2.24) is 9.88 Å². The van der Waals surface area contributed by atoms with Gasteiger partial charge in [-0.05, 0) is 56.9 Å². The predicted molar refractivity (Wildman–Crippen MR) is 157 cm³/mol. The molecule has 1 aliphatic carbocycles. The molecular formula is C30H30FN3O4S2. The van der Waals surface area contributed by atoms with E-state index in [4.69, 9.17) is 4.74 Å². The fraction of sp³-hybridized carbons (Fsp3) is 0.300. The van der Waals surface area contributed by atoms with Crippen molar-refractivity contribution in [2.45, 2.75) is 49.8 Å². The molecule has 0 bridgehead atoms. The zero-order chi connectivity index (χ0) is 28.2. The molecule has 1 atom stereocenters. The van der Waals surface area contributed by atoms with Gasteiger partial charge < -0.3 is 19.9 Å². The first-order chi connectivity index (χ1) is 19.4. The topological polar surface area (TPSA) is 89.4 Å². The normalized spacial score (nSPS) is 13.2. The summed E-state index contributed by atoms with van der Waals surface area (Å²) in [6.45, 7) is 4.68. The van der Waals surface area contributed by atoms with E-state index in [2.05, 4.69) is 10.6 Å². The molecule has 1 aliphatic rings. The number of aromatic nitrogens is 1. The zero-order valence-corrected chi connectivity index (χ0v) is 23.9. The molecule has 7 nitrogen and oxygen atoms in total. The van der Waals surface area contributed by atoms with Crippen molar-refractivity contribution in [2.75, 3.05) is 18.5 Å². The number of halogens is 1. The number of carbonyl (C=O) groups excluding carboxylic acids is 3. The van der Waals surface area contributed by atoms with E-state index in [1.165, 1.54) is 35.2 Å². The molecule has 10 heteroatoms.